The van der Waals surface area contributed by atoms with Gasteiger partial charge in [0.05, 0.1) is 17.7 Å². The Morgan fingerprint density at radius 3 is 2.88 bits per heavy atom. The van der Waals surface area contributed by atoms with E-state index in [1.807, 2.05) is 19.1 Å². The maximum atomic E-state index is 12.6. The second-order valence-corrected chi connectivity index (χ2v) is 9.05. The van der Waals surface area contributed by atoms with Gasteiger partial charge in [-0.15, -0.1) is 0 Å². The molecule has 0 aromatic carbocycles. The van der Waals surface area contributed by atoms with E-state index < -0.39 is 6.10 Å². The van der Waals surface area contributed by atoms with Gasteiger partial charge in [-0.3, -0.25) is 4.79 Å². The van der Waals surface area contributed by atoms with E-state index in [0.29, 0.717) is 0 Å². The molecule has 3 atom stereocenters. The predicted octanol–water partition coefficient (Wildman–Crippen LogP) is 2.77. The van der Waals surface area contributed by atoms with Crippen molar-refractivity contribution in [2.75, 3.05) is 23.3 Å². The molecule has 1 saturated carbocycles. The van der Waals surface area contributed by atoms with E-state index >= 15 is 0 Å². The fourth-order valence-corrected chi connectivity index (χ4v) is 5.12. The second-order valence-electron chi connectivity index (χ2n) is 9.05. The normalized spacial score (nSPS) is 24.1. The Bertz CT molecular complexity index is 1140. The van der Waals surface area contributed by atoms with E-state index in [2.05, 4.69) is 25.2 Å². The van der Waals surface area contributed by atoms with E-state index in [9.17, 15) is 9.90 Å². The number of aromatic nitrogens is 5. The van der Waals surface area contributed by atoms with Gasteiger partial charge in [0.1, 0.15) is 17.7 Å². The topological polar surface area (TPSA) is 112 Å². The summed E-state index contributed by atoms with van der Waals surface area (Å²) in [6.07, 6.45) is 7.91. The number of H-pyrrole nitrogens is 1. The van der Waals surface area contributed by atoms with Crippen molar-refractivity contribution >= 4 is 22.7 Å². The van der Waals surface area contributed by atoms with E-state index in [0.717, 1.165) is 86.4 Å². The summed E-state index contributed by atoms with van der Waals surface area (Å²) in [6.45, 7) is 3.63. The van der Waals surface area contributed by atoms with Gasteiger partial charge in [-0.1, -0.05) is 12.8 Å². The van der Waals surface area contributed by atoms with Gasteiger partial charge in [-0.2, -0.15) is 5.10 Å². The molecule has 0 spiro atoms. The molecular formula is C23H31N7O2. The van der Waals surface area contributed by atoms with Crippen molar-refractivity contribution in [2.24, 2.45) is 0 Å². The van der Waals surface area contributed by atoms with Crippen LogP contribution in [0.15, 0.2) is 29.3 Å². The molecule has 3 unspecified atom stereocenters. The van der Waals surface area contributed by atoms with Crippen LogP contribution in [0.1, 0.15) is 56.7 Å². The molecule has 2 fully saturated rings. The lowest BCUT2D eigenvalue weighted by molar-refractivity contribution is 0.0669. The summed E-state index contributed by atoms with van der Waals surface area (Å²) in [4.78, 5) is 27.0. The monoisotopic (exact) mass is 437 g/mol. The summed E-state index contributed by atoms with van der Waals surface area (Å²) in [7, 11) is 0. The van der Waals surface area contributed by atoms with Crippen LogP contribution in [0, 0.1) is 6.92 Å². The van der Waals surface area contributed by atoms with Crippen LogP contribution in [-0.4, -0.2) is 55.1 Å². The van der Waals surface area contributed by atoms with Gasteiger partial charge in [-0.25, -0.2) is 14.6 Å². The van der Waals surface area contributed by atoms with Crippen LogP contribution >= 0.6 is 0 Å². The van der Waals surface area contributed by atoms with E-state index in [4.69, 9.17) is 5.10 Å². The van der Waals surface area contributed by atoms with Crippen LogP contribution in [0.2, 0.25) is 0 Å². The number of aryl methyl sites for hydroxylation is 1. The first-order valence-corrected chi connectivity index (χ1v) is 11.7. The molecule has 170 valence electrons. The van der Waals surface area contributed by atoms with Crippen LogP contribution < -0.4 is 15.8 Å². The zero-order valence-electron chi connectivity index (χ0n) is 18.5. The largest absolute Gasteiger partial charge is 0.391 e. The average molecular weight is 438 g/mol. The molecule has 5 rings (SSSR count). The molecule has 4 heterocycles. The number of fused-ring (bicyclic) bond motifs is 1. The summed E-state index contributed by atoms with van der Waals surface area (Å²) in [5.41, 5.74) is 2.74. The highest BCUT2D eigenvalue weighted by Crippen LogP contribution is 2.29. The summed E-state index contributed by atoms with van der Waals surface area (Å²) in [5.74, 6) is 1.61. The molecular weight excluding hydrogens is 406 g/mol. The Morgan fingerprint density at radius 2 is 2.00 bits per heavy atom. The molecule has 2 aliphatic rings. The van der Waals surface area contributed by atoms with Crippen LogP contribution in [0.25, 0.3) is 11.0 Å². The lowest BCUT2D eigenvalue weighted by atomic mass is 9.93. The third-order valence-corrected chi connectivity index (χ3v) is 6.80. The summed E-state index contributed by atoms with van der Waals surface area (Å²) in [5, 5.41) is 18.7. The maximum absolute atomic E-state index is 12.6. The fraction of sp³-hybridized carbons (Fsp3) is 0.565. The molecule has 3 N–H and O–H groups in total. The lowest BCUT2D eigenvalue weighted by Crippen LogP contribution is -2.45. The first-order valence-electron chi connectivity index (χ1n) is 11.7. The van der Waals surface area contributed by atoms with Gasteiger partial charge >= 0.3 is 0 Å². The Labute approximate surface area is 186 Å². The zero-order chi connectivity index (χ0) is 22.1. The minimum absolute atomic E-state index is 0.142. The highest BCUT2D eigenvalue weighted by atomic mass is 16.3. The highest BCUT2D eigenvalue weighted by molar-refractivity contribution is 5.86. The number of piperidine rings is 1. The Balaban J connectivity index is 1.37. The fourth-order valence-electron chi connectivity index (χ4n) is 5.12. The van der Waals surface area contributed by atoms with Crippen molar-refractivity contribution in [3.8, 4) is 0 Å². The van der Waals surface area contributed by atoms with Gasteiger partial charge in [0, 0.05) is 30.9 Å². The standard InChI is InChI=1S/C23H31N7O2/c1-15-12-17-22(27-15)23(26-14-25-17)24-13-16-6-4-5-11-29(16)20-9-10-21(32)30(28-20)18-7-2-3-8-19(18)31/h9-10,12,14,16,18-19,27,31H,2-8,11,13H2,1H3,(H,24,25,26). The van der Waals surface area contributed by atoms with Crippen molar-refractivity contribution < 1.29 is 5.11 Å². The first kappa shape index (κ1) is 20.9. The molecule has 0 radical (unpaired) electrons. The Kier molecular flexibility index (Phi) is 5.82. The van der Waals surface area contributed by atoms with Gasteiger partial charge in [0.15, 0.2) is 5.82 Å². The number of rotatable bonds is 5. The molecule has 1 aliphatic heterocycles. The first-order chi connectivity index (χ1) is 15.6. The molecule has 1 saturated heterocycles. The zero-order valence-corrected chi connectivity index (χ0v) is 18.5. The quantitative estimate of drug-likeness (QED) is 0.563. The highest BCUT2D eigenvalue weighted by Gasteiger charge is 2.29. The number of hydrogen-bond donors (Lipinski definition) is 3. The molecule has 9 heteroatoms. The number of aliphatic hydroxyl groups is 1. The molecule has 0 bridgehead atoms. The van der Waals surface area contributed by atoms with E-state index in [-0.39, 0.29) is 17.6 Å². The third-order valence-electron chi connectivity index (χ3n) is 6.80. The smallest absolute Gasteiger partial charge is 0.267 e. The average Bonchev–Trinajstić information content (AvgIpc) is 3.20. The number of hydrogen-bond acceptors (Lipinski definition) is 7. The van der Waals surface area contributed by atoms with Crippen LogP contribution in [0.4, 0.5) is 11.6 Å². The molecule has 3 aromatic rings. The number of nitrogens with one attached hydrogen (secondary N) is 2. The van der Waals surface area contributed by atoms with Crippen LogP contribution in [-0.2, 0) is 0 Å². The number of anilines is 2. The Morgan fingerprint density at radius 1 is 1.16 bits per heavy atom. The van der Waals surface area contributed by atoms with Crippen LogP contribution in [0.5, 0.6) is 0 Å². The summed E-state index contributed by atoms with van der Waals surface area (Å²) >= 11 is 0. The minimum atomic E-state index is -0.507. The van der Waals surface area contributed by atoms with Crippen molar-refractivity contribution in [3.63, 3.8) is 0 Å². The van der Waals surface area contributed by atoms with Crippen LogP contribution in [0.3, 0.4) is 0 Å². The third kappa shape index (κ3) is 4.09. The van der Waals surface area contributed by atoms with E-state index in [1.165, 1.54) is 4.68 Å². The number of aliphatic hydroxyl groups excluding tert-OH is 1. The van der Waals surface area contributed by atoms with Crippen molar-refractivity contribution in [1.82, 2.24) is 24.7 Å². The van der Waals surface area contributed by atoms with Gasteiger partial charge in [0.25, 0.3) is 5.56 Å². The van der Waals surface area contributed by atoms with E-state index in [1.54, 1.807) is 12.4 Å². The molecule has 1 aliphatic carbocycles. The van der Waals surface area contributed by atoms with Crippen molar-refractivity contribution in [1.29, 1.82) is 0 Å². The summed E-state index contributed by atoms with van der Waals surface area (Å²) < 4.78 is 1.52. The molecule has 3 aromatic heterocycles. The minimum Gasteiger partial charge on any atom is -0.391 e. The lowest BCUT2D eigenvalue weighted by Gasteiger charge is -2.37. The van der Waals surface area contributed by atoms with Crippen molar-refractivity contribution in [2.45, 2.75) is 70.1 Å². The van der Waals surface area contributed by atoms with Gasteiger partial charge in [0.2, 0.25) is 0 Å². The van der Waals surface area contributed by atoms with Gasteiger partial charge < -0.3 is 20.3 Å². The molecule has 0 amide bonds. The summed E-state index contributed by atoms with van der Waals surface area (Å²) in [6, 6.07) is 5.44. The number of nitrogens with zero attached hydrogens (tertiary/aromatic N) is 5. The second kappa shape index (κ2) is 8.90. The molecule has 9 nitrogen and oxygen atoms in total. The Hall–Kier alpha value is -2.94. The number of aromatic amines is 1. The van der Waals surface area contributed by atoms with Crippen molar-refractivity contribution in [3.05, 3.63) is 40.6 Å². The SMILES string of the molecule is Cc1cc2ncnc(NCC3CCCCN3c3ccc(=O)n(C4CCCCC4O)n3)c2[nH]1. The molecule has 32 heavy (non-hydrogen) atoms. The van der Waals surface area contributed by atoms with Gasteiger partial charge in [-0.05, 0) is 51.2 Å². The predicted molar refractivity (Wildman–Crippen MR) is 124 cm³/mol. The maximum Gasteiger partial charge on any atom is 0.267 e.